The van der Waals surface area contributed by atoms with E-state index < -0.39 is 6.03 Å². The highest BCUT2D eigenvalue weighted by Crippen LogP contribution is 2.34. The van der Waals surface area contributed by atoms with E-state index in [9.17, 15) is 9.59 Å². The summed E-state index contributed by atoms with van der Waals surface area (Å²) in [7, 11) is 0. The van der Waals surface area contributed by atoms with Crippen molar-refractivity contribution in [1.29, 1.82) is 0 Å². The van der Waals surface area contributed by atoms with E-state index >= 15 is 0 Å². The molecule has 0 radical (unpaired) electrons. The number of carbonyl (C=O) groups excluding carboxylic acids is 2. The Bertz CT molecular complexity index is 613. The van der Waals surface area contributed by atoms with Crippen LogP contribution >= 0.6 is 12.4 Å². The number of nitrogens with one attached hydrogen (secondary N) is 3. The Balaban J connectivity index is 0.00000208. The van der Waals surface area contributed by atoms with Crippen molar-refractivity contribution in [2.75, 3.05) is 38.3 Å². The first-order chi connectivity index (χ1) is 11.1. The van der Waals surface area contributed by atoms with E-state index in [0.717, 1.165) is 19.6 Å². The second-order valence-electron chi connectivity index (χ2n) is 5.59. The van der Waals surface area contributed by atoms with Gasteiger partial charge in [0, 0.05) is 37.4 Å². The number of fused-ring (bicyclic) bond motifs is 1. The summed E-state index contributed by atoms with van der Waals surface area (Å²) >= 11 is 0. The second kappa shape index (κ2) is 8.18. The Hall–Kier alpha value is -2.03. The third-order valence-electron chi connectivity index (χ3n) is 3.87. The molecule has 0 spiro atoms. The maximum Gasteiger partial charge on any atom is 0.325 e. The van der Waals surface area contributed by atoms with Gasteiger partial charge in [-0.05, 0) is 19.1 Å². The Morgan fingerprint density at radius 3 is 2.92 bits per heavy atom. The van der Waals surface area contributed by atoms with Crippen LogP contribution in [-0.2, 0) is 4.79 Å². The predicted molar refractivity (Wildman–Crippen MR) is 90.9 cm³/mol. The third-order valence-corrected chi connectivity index (χ3v) is 3.87. The van der Waals surface area contributed by atoms with Crippen LogP contribution in [0.3, 0.4) is 0 Å². The van der Waals surface area contributed by atoms with Crippen molar-refractivity contribution >= 4 is 30.0 Å². The molecule has 2 heterocycles. The number of benzene rings is 1. The molecule has 0 unspecified atom stereocenters. The van der Waals surface area contributed by atoms with Crippen LogP contribution in [0.15, 0.2) is 18.2 Å². The number of rotatable bonds is 3. The lowest BCUT2D eigenvalue weighted by molar-refractivity contribution is -0.121. The fraction of sp³-hybridized carbons (Fsp3) is 0.467. The maximum absolute atomic E-state index is 12.0. The fourth-order valence-electron chi connectivity index (χ4n) is 2.61. The lowest BCUT2D eigenvalue weighted by Crippen LogP contribution is -2.53. The monoisotopic (exact) mass is 356 g/mol. The summed E-state index contributed by atoms with van der Waals surface area (Å²) in [6, 6.07) is 4.77. The molecule has 2 aliphatic rings. The van der Waals surface area contributed by atoms with Gasteiger partial charge < -0.3 is 20.1 Å². The Kier molecular flexibility index (Phi) is 6.24. The molecule has 1 aromatic carbocycles. The average Bonchev–Trinajstić information content (AvgIpc) is 2.97. The molecule has 1 atom stereocenters. The zero-order valence-electron chi connectivity index (χ0n) is 13.3. The molecule has 3 N–H and O–H groups in total. The van der Waals surface area contributed by atoms with E-state index in [0.29, 0.717) is 17.2 Å². The zero-order valence-corrected chi connectivity index (χ0v) is 14.1. The van der Waals surface area contributed by atoms with E-state index in [1.165, 1.54) is 0 Å². The molecule has 0 saturated carbocycles. The second-order valence-corrected chi connectivity index (χ2v) is 5.59. The van der Waals surface area contributed by atoms with Gasteiger partial charge in [-0.2, -0.15) is 0 Å². The molecule has 1 aromatic rings. The van der Waals surface area contributed by atoms with Crippen LogP contribution in [0.2, 0.25) is 0 Å². The van der Waals surface area contributed by atoms with Gasteiger partial charge in [0.2, 0.25) is 12.7 Å². The van der Waals surface area contributed by atoms with Crippen molar-refractivity contribution < 1.29 is 19.1 Å². The fourth-order valence-corrected chi connectivity index (χ4v) is 2.61. The van der Waals surface area contributed by atoms with Crippen molar-refractivity contribution in [1.82, 2.24) is 15.5 Å². The van der Waals surface area contributed by atoms with Gasteiger partial charge in [-0.15, -0.1) is 12.4 Å². The third kappa shape index (κ3) is 4.50. The highest BCUT2D eigenvalue weighted by molar-refractivity contribution is 6.01. The van der Waals surface area contributed by atoms with E-state index in [4.69, 9.17) is 9.47 Å². The molecule has 1 saturated heterocycles. The van der Waals surface area contributed by atoms with Crippen molar-refractivity contribution in [2.45, 2.75) is 13.0 Å². The van der Waals surface area contributed by atoms with Gasteiger partial charge in [-0.1, -0.05) is 0 Å². The van der Waals surface area contributed by atoms with Gasteiger partial charge >= 0.3 is 6.03 Å². The van der Waals surface area contributed by atoms with Gasteiger partial charge in [0.1, 0.15) is 0 Å². The molecular formula is C15H21ClN4O4. The largest absolute Gasteiger partial charge is 0.454 e. The Morgan fingerprint density at radius 2 is 2.12 bits per heavy atom. The van der Waals surface area contributed by atoms with Crippen LogP contribution in [0.25, 0.3) is 0 Å². The zero-order chi connectivity index (χ0) is 16.2. The Labute approximate surface area is 146 Å². The van der Waals surface area contributed by atoms with Crippen LogP contribution in [0.4, 0.5) is 10.5 Å². The number of imide groups is 1. The molecule has 0 aromatic heterocycles. The topological polar surface area (TPSA) is 91.9 Å². The number of amides is 3. The normalized spacial score (nSPS) is 19.3. The quantitative estimate of drug-likeness (QED) is 0.741. The summed E-state index contributed by atoms with van der Waals surface area (Å²) in [5, 5.41) is 8.21. The van der Waals surface area contributed by atoms with Crippen LogP contribution in [0.1, 0.15) is 6.92 Å². The first kappa shape index (κ1) is 18.3. The van der Waals surface area contributed by atoms with E-state index in [2.05, 4.69) is 16.0 Å². The lowest BCUT2D eigenvalue weighted by Gasteiger charge is -2.33. The Morgan fingerprint density at radius 1 is 1.33 bits per heavy atom. The molecule has 24 heavy (non-hydrogen) atoms. The molecule has 3 amide bonds. The molecule has 0 bridgehead atoms. The number of nitrogens with zero attached hydrogens (tertiary/aromatic N) is 1. The minimum Gasteiger partial charge on any atom is -0.454 e. The van der Waals surface area contributed by atoms with Crippen molar-refractivity contribution in [3.63, 3.8) is 0 Å². The van der Waals surface area contributed by atoms with Gasteiger partial charge in [0.05, 0.1) is 6.54 Å². The van der Waals surface area contributed by atoms with E-state index in [-0.39, 0.29) is 37.7 Å². The van der Waals surface area contributed by atoms with Crippen LogP contribution in [0, 0.1) is 0 Å². The average molecular weight is 357 g/mol. The summed E-state index contributed by atoms with van der Waals surface area (Å²) in [6.07, 6.45) is 0. The highest BCUT2D eigenvalue weighted by atomic mass is 35.5. The first-order valence-electron chi connectivity index (χ1n) is 7.57. The SMILES string of the molecule is C[C@@H]1CNCCN1CC(=O)NC(=O)Nc1ccc2c(c1)OCO2.Cl. The number of hydrogen-bond donors (Lipinski definition) is 3. The van der Waals surface area contributed by atoms with Gasteiger partial charge in [-0.25, -0.2) is 4.79 Å². The minimum absolute atomic E-state index is 0. The van der Waals surface area contributed by atoms with Gasteiger partial charge in [-0.3, -0.25) is 15.0 Å². The lowest BCUT2D eigenvalue weighted by atomic mass is 10.2. The molecule has 9 heteroatoms. The van der Waals surface area contributed by atoms with Crippen molar-refractivity contribution in [2.24, 2.45) is 0 Å². The van der Waals surface area contributed by atoms with Crippen LogP contribution in [0.5, 0.6) is 11.5 Å². The molecular weight excluding hydrogens is 336 g/mol. The van der Waals surface area contributed by atoms with Gasteiger partial charge in [0.25, 0.3) is 0 Å². The molecule has 2 aliphatic heterocycles. The van der Waals surface area contributed by atoms with Gasteiger partial charge in [0.15, 0.2) is 11.5 Å². The number of halogens is 1. The van der Waals surface area contributed by atoms with E-state index in [1.54, 1.807) is 18.2 Å². The number of hydrogen-bond acceptors (Lipinski definition) is 6. The molecule has 3 rings (SSSR count). The summed E-state index contributed by atoms with van der Waals surface area (Å²) < 4.78 is 10.4. The number of anilines is 1. The summed E-state index contributed by atoms with van der Waals surface area (Å²) in [5.41, 5.74) is 0.537. The smallest absolute Gasteiger partial charge is 0.325 e. The number of urea groups is 1. The first-order valence-corrected chi connectivity index (χ1v) is 7.57. The summed E-state index contributed by atoms with van der Waals surface area (Å²) in [5.74, 6) is 0.889. The highest BCUT2D eigenvalue weighted by Gasteiger charge is 2.21. The van der Waals surface area contributed by atoms with Crippen molar-refractivity contribution in [3.8, 4) is 11.5 Å². The van der Waals surface area contributed by atoms with Crippen LogP contribution in [-0.4, -0.2) is 55.9 Å². The molecule has 8 nitrogen and oxygen atoms in total. The number of piperazine rings is 1. The molecule has 1 fully saturated rings. The van der Waals surface area contributed by atoms with Crippen LogP contribution < -0.4 is 25.4 Å². The summed E-state index contributed by atoms with van der Waals surface area (Å²) in [6.45, 7) is 4.91. The minimum atomic E-state index is -0.559. The number of ether oxygens (including phenoxy) is 2. The van der Waals surface area contributed by atoms with E-state index in [1.807, 2.05) is 11.8 Å². The standard InChI is InChI=1S/C15H20N4O4.ClH/c1-10-7-16-4-5-19(10)8-14(20)18-15(21)17-11-2-3-12-13(6-11)23-9-22-12;/h2-3,6,10,16H,4-5,7-9H2,1H3,(H2,17,18,20,21);1H/t10-;/m1./s1. The summed E-state index contributed by atoms with van der Waals surface area (Å²) in [4.78, 5) is 25.9. The molecule has 0 aliphatic carbocycles. The van der Waals surface area contributed by atoms with Crippen molar-refractivity contribution in [3.05, 3.63) is 18.2 Å². The molecule has 132 valence electrons. The predicted octanol–water partition coefficient (Wildman–Crippen LogP) is 0.779. The maximum atomic E-state index is 12.0. The number of carbonyl (C=O) groups is 2.